The van der Waals surface area contributed by atoms with Crippen LogP contribution in [0.4, 0.5) is 0 Å². The Labute approximate surface area is 124 Å². The number of hydrogen-bond donors (Lipinski definition) is 1. The maximum Gasteiger partial charge on any atom is 0.119 e. The van der Waals surface area contributed by atoms with Crippen molar-refractivity contribution in [3.63, 3.8) is 0 Å². The fraction of sp³-hybridized carbons (Fsp3) is 0.500. The van der Waals surface area contributed by atoms with Crippen molar-refractivity contribution in [1.29, 1.82) is 0 Å². The lowest BCUT2D eigenvalue weighted by atomic mass is 10.1. The maximum atomic E-state index is 5.37. The Hall–Kier alpha value is -1.10. The largest absolute Gasteiger partial charge is 0.497 e. The van der Waals surface area contributed by atoms with E-state index in [1.807, 2.05) is 17.4 Å². The van der Waals surface area contributed by atoms with Crippen molar-refractivity contribution in [3.8, 4) is 5.75 Å². The average molecular weight is 293 g/mol. The van der Waals surface area contributed by atoms with Gasteiger partial charge in [0.25, 0.3) is 0 Å². The first kappa shape index (κ1) is 15.3. The van der Waals surface area contributed by atoms with E-state index in [1.54, 1.807) is 14.2 Å². The fourth-order valence-electron chi connectivity index (χ4n) is 2.23. The van der Waals surface area contributed by atoms with Gasteiger partial charge in [-0.15, -0.1) is 11.3 Å². The van der Waals surface area contributed by atoms with E-state index in [2.05, 4.69) is 31.3 Å². The standard InChI is InChI=1S/C16H23NO2S/c1-11(2)8-17-9-16-14(10-18-3)13-7-12(19-4)5-6-15(13)20-16/h5-7,11,17H,8-10H2,1-4H3. The zero-order valence-corrected chi connectivity index (χ0v) is 13.5. The lowest BCUT2D eigenvalue weighted by molar-refractivity contribution is 0.185. The van der Waals surface area contributed by atoms with Gasteiger partial charge in [0.15, 0.2) is 0 Å². The quantitative estimate of drug-likeness (QED) is 0.842. The molecule has 1 heterocycles. The van der Waals surface area contributed by atoms with Crippen LogP contribution in [0.1, 0.15) is 24.3 Å². The van der Waals surface area contributed by atoms with Crippen LogP contribution in [0.25, 0.3) is 10.1 Å². The summed E-state index contributed by atoms with van der Waals surface area (Å²) in [6.07, 6.45) is 0. The molecule has 2 aromatic rings. The third-order valence-corrected chi connectivity index (χ3v) is 4.42. The van der Waals surface area contributed by atoms with E-state index in [0.717, 1.165) is 18.8 Å². The van der Waals surface area contributed by atoms with E-state index in [4.69, 9.17) is 9.47 Å². The zero-order valence-electron chi connectivity index (χ0n) is 12.7. The molecular formula is C16H23NO2S. The van der Waals surface area contributed by atoms with E-state index in [1.165, 1.54) is 20.5 Å². The van der Waals surface area contributed by atoms with Gasteiger partial charge < -0.3 is 14.8 Å². The summed E-state index contributed by atoms with van der Waals surface area (Å²) < 4.78 is 12.0. The summed E-state index contributed by atoms with van der Waals surface area (Å²) in [6, 6.07) is 6.25. The summed E-state index contributed by atoms with van der Waals surface area (Å²) in [4.78, 5) is 1.36. The number of thiophene rings is 1. The van der Waals surface area contributed by atoms with Crippen LogP contribution in [0.5, 0.6) is 5.75 Å². The summed E-state index contributed by atoms with van der Waals surface area (Å²) >= 11 is 1.84. The smallest absolute Gasteiger partial charge is 0.119 e. The SMILES string of the molecule is COCc1c(CNCC(C)C)sc2ccc(OC)cc12. The second-order valence-electron chi connectivity index (χ2n) is 5.32. The van der Waals surface area contributed by atoms with Crippen LogP contribution in [0.15, 0.2) is 18.2 Å². The van der Waals surface area contributed by atoms with Crippen molar-refractivity contribution in [1.82, 2.24) is 5.32 Å². The highest BCUT2D eigenvalue weighted by atomic mass is 32.1. The molecule has 0 amide bonds. The second-order valence-corrected chi connectivity index (χ2v) is 6.46. The molecule has 0 aliphatic rings. The first-order valence-electron chi connectivity index (χ1n) is 6.93. The number of nitrogens with one attached hydrogen (secondary N) is 1. The van der Waals surface area contributed by atoms with Gasteiger partial charge in [-0.3, -0.25) is 0 Å². The molecule has 1 aromatic heterocycles. The first-order chi connectivity index (χ1) is 9.65. The Balaban J connectivity index is 2.30. The first-order valence-corrected chi connectivity index (χ1v) is 7.75. The van der Waals surface area contributed by atoms with Crippen molar-refractivity contribution in [2.24, 2.45) is 5.92 Å². The highest BCUT2D eigenvalue weighted by Crippen LogP contribution is 2.34. The molecule has 20 heavy (non-hydrogen) atoms. The number of ether oxygens (including phenoxy) is 2. The van der Waals surface area contributed by atoms with Crippen LogP contribution in [0.3, 0.4) is 0 Å². The van der Waals surface area contributed by atoms with Crippen molar-refractivity contribution in [2.45, 2.75) is 27.0 Å². The minimum Gasteiger partial charge on any atom is -0.497 e. The van der Waals surface area contributed by atoms with Crippen LogP contribution < -0.4 is 10.1 Å². The summed E-state index contributed by atoms with van der Waals surface area (Å²) in [5, 5.41) is 4.76. The van der Waals surface area contributed by atoms with E-state index >= 15 is 0 Å². The normalized spacial score (nSPS) is 11.4. The van der Waals surface area contributed by atoms with E-state index in [0.29, 0.717) is 12.5 Å². The van der Waals surface area contributed by atoms with Crippen LogP contribution in [0, 0.1) is 5.92 Å². The number of rotatable bonds is 7. The van der Waals surface area contributed by atoms with Gasteiger partial charge >= 0.3 is 0 Å². The van der Waals surface area contributed by atoms with Crippen LogP contribution in [-0.4, -0.2) is 20.8 Å². The van der Waals surface area contributed by atoms with Crippen LogP contribution in [0.2, 0.25) is 0 Å². The molecule has 4 heteroatoms. The molecule has 1 N–H and O–H groups in total. The summed E-state index contributed by atoms with van der Waals surface area (Å²) in [5.74, 6) is 1.56. The summed E-state index contributed by atoms with van der Waals surface area (Å²) in [5.41, 5.74) is 1.28. The molecule has 0 unspecified atom stereocenters. The summed E-state index contributed by atoms with van der Waals surface area (Å²) in [7, 11) is 3.45. The van der Waals surface area contributed by atoms with Gasteiger partial charge in [-0.05, 0) is 30.7 Å². The minimum atomic E-state index is 0.645. The lowest BCUT2D eigenvalue weighted by Crippen LogP contribution is -2.19. The van der Waals surface area contributed by atoms with Gasteiger partial charge in [-0.1, -0.05) is 13.8 Å². The Morgan fingerprint density at radius 3 is 2.70 bits per heavy atom. The van der Waals surface area contributed by atoms with Crippen LogP contribution in [-0.2, 0) is 17.9 Å². The third kappa shape index (κ3) is 3.51. The van der Waals surface area contributed by atoms with Gasteiger partial charge in [0.05, 0.1) is 13.7 Å². The fourth-order valence-corrected chi connectivity index (χ4v) is 3.39. The molecule has 0 saturated carbocycles. The van der Waals surface area contributed by atoms with Gasteiger partial charge in [-0.25, -0.2) is 0 Å². The summed E-state index contributed by atoms with van der Waals surface area (Å²) in [6.45, 7) is 7.02. The minimum absolute atomic E-state index is 0.645. The monoisotopic (exact) mass is 293 g/mol. The van der Waals surface area contributed by atoms with E-state index in [-0.39, 0.29) is 0 Å². The second kappa shape index (κ2) is 7.07. The molecule has 3 nitrogen and oxygen atoms in total. The number of fused-ring (bicyclic) bond motifs is 1. The zero-order chi connectivity index (χ0) is 14.5. The van der Waals surface area contributed by atoms with Gasteiger partial charge in [0, 0.05) is 34.2 Å². The highest BCUT2D eigenvalue weighted by molar-refractivity contribution is 7.19. The Morgan fingerprint density at radius 1 is 1.25 bits per heavy atom. The predicted octanol–water partition coefficient (Wildman–Crippen LogP) is 3.80. The molecule has 0 aliphatic heterocycles. The lowest BCUT2D eigenvalue weighted by Gasteiger charge is -2.08. The molecule has 0 spiro atoms. The molecule has 0 aliphatic carbocycles. The molecule has 0 bridgehead atoms. The number of hydrogen-bond acceptors (Lipinski definition) is 4. The highest BCUT2D eigenvalue weighted by Gasteiger charge is 2.12. The van der Waals surface area contributed by atoms with Crippen molar-refractivity contribution < 1.29 is 9.47 Å². The van der Waals surface area contributed by atoms with Crippen molar-refractivity contribution >= 4 is 21.4 Å². The Bertz CT molecular complexity index is 563. The van der Waals surface area contributed by atoms with Gasteiger partial charge in [0.2, 0.25) is 0 Å². The van der Waals surface area contributed by atoms with Crippen molar-refractivity contribution in [3.05, 3.63) is 28.6 Å². The average Bonchev–Trinajstić information content (AvgIpc) is 2.76. The molecule has 1 aromatic carbocycles. The molecule has 0 fully saturated rings. The molecule has 0 saturated heterocycles. The molecular weight excluding hydrogens is 270 g/mol. The third-order valence-electron chi connectivity index (χ3n) is 3.21. The van der Waals surface area contributed by atoms with Gasteiger partial charge in [-0.2, -0.15) is 0 Å². The molecule has 110 valence electrons. The van der Waals surface area contributed by atoms with Gasteiger partial charge in [0.1, 0.15) is 5.75 Å². The van der Waals surface area contributed by atoms with Crippen LogP contribution >= 0.6 is 11.3 Å². The maximum absolute atomic E-state index is 5.37. The topological polar surface area (TPSA) is 30.5 Å². The van der Waals surface area contributed by atoms with E-state index < -0.39 is 0 Å². The number of methoxy groups -OCH3 is 2. The predicted molar refractivity (Wildman–Crippen MR) is 85.6 cm³/mol. The number of benzene rings is 1. The Morgan fingerprint density at radius 2 is 2.05 bits per heavy atom. The van der Waals surface area contributed by atoms with Crippen molar-refractivity contribution in [2.75, 3.05) is 20.8 Å². The molecule has 0 atom stereocenters. The molecule has 2 rings (SSSR count). The van der Waals surface area contributed by atoms with E-state index in [9.17, 15) is 0 Å². The molecule has 0 radical (unpaired) electrons. The Kier molecular flexibility index (Phi) is 5.40.